The van der Waals surface area contributed by atoms with E-state index in [1.54, 1.807) is 13.2 Å². The number of H-pyrrole nitrogens is 1. The summed E-state index contributed by atoms with van der Waals surface area (Å²) in [6.45, 7) is 5.69. The van der Waals surface area contributed by atoms with Crippen LogP contribution in [0.25, 0.3) is 0 Å². The number of ether oxygens (including phenoxy) is 2. The molecular formula is C19H27N5O2. The predicted octanol–water partition coefficient (Wildman–Crippen LogP) is 2.00. The number of nitrogens with zero attached hydrogens (tertiary/aromatic N) is 2. The molecule has 0 spiro atoms. The molecule has 1 fully saturated rings. The summed E-state index contributed by atoms with van der Waals surface area (Å²) in [5.41, 5.74) is 3.30. The maximum Gasteiger partial charge on any atom is 0.191 e. The maximum absolute atomic E-state index is 6.09. The van der Waals surface area contributed by atoms with Crippen LogP contribution in [0.2, 0.25) is 0 Å². The van der Waals surface area contributed by atoms with Crippen LogP contribution in [0.15, 0.2) is 35.5 Å². The van der Waals surface area contributed by atoms with Gasteiger partial charge in [0.25, 0.3) is 0 Å². The molecule has 7 nitrogen and oxygen atoms in total. The van der Waals surface area contributed by atoms with Crippen LogP contribution in [-0.2, 0) is 17.8 Å². The molecule has 1 aliphatic heterocycles. The lowest BCUT2D eigenvalue weighted by Crippen LogP contribution is -2.36. The number of benzene rings is 1. The Labute approximate surface area is 154 Å². The van der Waals surface area contributed by atoms with Crippen molar-refractivity contribution >= 4 is 5.96 Å². The Morgan fingerprint density at radius 1 is 1.35 bits per heavy atom. The lowest BCUT2D eigenvalue weighted by molar-refractivity contribution is 0.166. The molecule has 7 heteroatoms. The zero-order chi connectivity index (χ0) is 18.2. The summed E-state index contributed by atoms with van der Waals surface area (Å²) in [5.74, 6) is 2.14. The number of aromatic amines is 1. The predicted molar refractivity (Wildman–Crippen MR) is 101 cm³/mol. The molecule has 0 radical (unpaired) electrons. The Morgan fingerprint density at radius 2 is 2.23 bits per heavy atom. The number of hydrogen-bond donors (Lipinski definition) is 3. The fourth-order valence-corrected chi connectivity index (χ4v) is 2.83. The van der Waals surface area contributed by atoms with Crippen LogP contribution in [-0.4, -0.2) is 43.0 Å². The van der Waals surface area contributed by atoms with Crippen molar-refractivity contribution in [3.63, 3.8) is 0 Å². The van der Waals surface area contributed by atoms with Gasteiger partial charge in [-0.15, -0.1) is 0 Å². The summed E-state index contributed by atoms with van der Waals surface area (Å²) in [6.07, 6.45) is 2.81. The average Bonchev–Trinajstić information content (AvgIpc) is 3.35. The monoisotopic (exact) mass is 357 g/mol. The maximum atomic E-state index is 6.09. The highest BCUT2D eigenvalue weighted by atomic mass is 16.5. The Balaban J connectivity index is 1.55. The van der Waals surface area contributed by atoms with Crippen molar-refractivity contribution in [2.75, 3.05) is 26.9 Å². The minimum atomic E-state index is 0.486. The average molecular weight is 357 g/mol. The van der Waals surface area contributed by atoms with E-state index in [0.29, 0.717) is 25.6 Å². The van der Waals surface area contributed by atoms with Gasteiger partial charge in [0.05, 0.1) is 25.5 Å². The van der Waals surface area contributed by atoms with Gasteiger partial charge in [-0.1, -0.05) is 12.1 Å². The van der Waals surface area contributed by atoms with Crippen LogP contribution >= 0.6 is 0 Å². The molecule has 3 N–H and O–H groups in total. The molecule has 0 aliphatic carbocycles. The smallest absolute Gasteiger partial charge is 0.191 e. The third-order valence-corrected chi connectivity index (χ3v) is 4.40. The van der Waals surface area contributed by atoms with Crippen LogP contribution in [0, 0.1) is 12.8 Å². The number of guanidine groups is 1. The summed E-state index contributed by atoms with van der Waals surface area (Å²) in [7, 11) is 1.76. The SMILES string of the molecule is CN=C(NCc1ccn[nH]1)NCc1ccc(C)cc1OCC1CCOC1. The molecule has 0 bridgehead atoms. The number of aromatic nitrogens is 2. The number of rotatable bonds is 7. The van der Waals surface area contributed by atoms with E-state index in [9.17, 15) is 0 Å². The zero-order valence-corrected chi connectivity index (χ0v) is 15.4. The highest BCUT2D eigenvalue weighted by Gasteiger charge is 2.17. The summed E-state index contributed by atoms with van der Waals surface area (Å²) in [6, 6.07) is 8.22. The Hall–Kier alpha value is -2.54. The minimum Gasteiger partial charge on any atom is -0.493 e. The molecule has 140 valence electrons. The van der Waals surface area contributed by atoms with Crippen molar-refractivity contribution in [3.8, 4) is 5.75 Å². The van der Waals surface area contributed by atoms with Gasteiger partial charge in [-0.3, -0.25) is 10.1 Å². The first kappa shape index (κ1) is 18.3. The Bertz CT molecular complexity index is 709. The zero-order valence-electron chi connectivity index (χ0n) is 15.4. The van der Waals surface area contributed by atoms with Gasteiger partial charge in [0.2, 0.25) is 0 Å². The van der Waals surface area contributed by atoms with Crippen molar-refractivity contribution < 1.29 is 9.47 Å². The molecule has 0 amide bonds. The highest BCUT2D eigenvalue weighted by Crippen LogP contribution is 2.22. The van der Waals surface area contributed by atoms with E-state index in [1.807, 2.05) is 6.07 Å². The third kappa shape index (κ3) is 5.23. The first-order valence-electron chi connectivity index (χ1n) is 8.97. The number of nitrogens with one attached hydrogen (secondary N) is 3. The van der Waals surface area contributed by atoms with E-state index in [0.717, 1.165) is 42.6 Å². The fraction of sp³-hybridized carbons (Fsp3) is 0.474. The largest absolute Gasteiger partial charge is 0.493 e. The lowest BCUT2D eigenvalue weighted by atomic mass is 10.1. The normalized spacial score (nSPS) is 17.3. The van der Waals surface area contributed by atoms with Crippen molar-refractivity contribution in [1.82, 2.24) is 20.8 Å². The number of hydrogen-bond acceptors (Lipinski definition) is 4. The second-order valence-electron chi connectivity index (χ2n) is 6.51. The second kappa shape index (κ2) is 9.24. The molecule has 3 rings (SSSR count). The molecule has 1 saturated heterocycles. The van der Waals surface area contributed by atoms with E-state index in [1.165, 1.54) is 5.56 Å². The van der Waals surface area contributed by atoms with Crippen molar-refractivity contribution in [2.24, 2.45) is 10.9 Å². The van der Waals surface area contributed by atoms with Gasteiger partial charge in [0, 0.05) is 37.9 Å². The van der Waals surface area contributed by atoms with Crippen molar-refractivity contribution in [1.29, 1.82) is 0 Å². The van der Waals surface area contributed by atoms with E-state index in [2.05, 4.69) is 50.9 Å². The van der Waals surface area contributed by atoms with Crippen LogP contribution in [0.4, 0.5) is 0 Å². The molecule has 26 heavy (non-hydrogen) atoms. The lowest BCUT2D eigenvalue weighted by Gasteiger charge is -2.16. The first-order chi connectivity index (χ1) is 12.7. The van der Waals surface area contributed by atoms with Gasteiger partial charge in [-0.2, -0.15) is 5.10 Å². The summed E-state index contributed by atoms with van der Waals surface area (Å²) in [4.78, 5) is 4.26. The highest BCUT2D eigenvalue weighted by molar-refractivity contribution is 5.79. The van der Waals surface area contributed by atoms with Crippen LogP contribution in [0.1, 0.15) is 23.2 Å². The van der Waals surface area contributed by atoms with Gasteiger partial charge < -0.3 is 20.1 Å². The molecule has 1 aliphatic rings. The molecule has 2 aromatic rings. The van der Waals surface area contributed by atoms with Crippen LogP contribution < -0.4 is 15.4 Å². The molecule has 1 atom stereocenters. The molecule has 1 unspecified atom stereocenters. The van der Waals surface area contributed by atoms with E-state index < -0.39 is 0 Å². The van der Waals surface area contributed by atoms with E-state index in [-0.39, 0.29) is 0 Å². The molecule has 1 aromatic carbocycles. The minimum absolute atomic E-state index is 0.486. The Kier molecular flexibility index (Phi) is 6.49. The molecule has 0 saturated carbocycles. The standard InChI is InChI=1S/C19H27N5O2/c1-14-3-4-16(18(9-14)26-13-15-6-8-25-12-15)10-21-19(20-2)22-11-17-5-7-23-24-17/h3-5,7,9,15H,6,8,10-13H2,1-2H3,(H,23,24)(H2,20,21,22). The number of aliphatic imine (C=N–C) groups is 1. The number of aryl methyl sites for hydroxylation is 1. The molecule has 1 aromatic heterocycles. The van der Waals surface area contributed by atoms with Gasteiger partial charge in [0.1, 0.15) is 5.75 Å². The van der Waals surface area contributed by atoms with Crippen LogP contribution in [0.5, 0.6) is 5.75 Å². The fourth-order valence-electron chi connectivity index (χ4n) is 2.83. The van der Waals surface area contributed by atoms with Crippen molar-refractivity contribution in [2.45, 2.75) is 26.4 Å². The van der Waals surface area contributed by atoms with Crippen molar-refractivity contribution in [3.05, 3.63) is 47.3 Å². The molecule has 2 heterocycles. The summed E-state index contributed by atoms with van der Waals surface area (Å²) < 4.78 is 11.5. The van der Waals surface area contributed by atoms with E-state index in [4.69, 9.17) is 9.47 Å². The van der Waals surface area contributed by atoms with Gasteiger partial charge in [-0.05, 0) is 31.0 Å². The first-order valence-corrected chi connectivity index (χ1v) is 8.97. The summed E-state index contributed by atoms with van der Waals surface area (Å²) in [5, 5.41) is 13.5. The Morgan fingerprint density at radius 3 is 2.96 bits per heavy atom. The van der Waals surface area contributed by atoms with Crippen LogP contribution in [0.3, 0.4) is 0 Å². The van der Waals surface area contributed by atoms with Gasteiger partial charge >= 0.3 is 0 Å². The second-order valence-corrected chi connectivity index (χ2v) is 6.51. The molecular weight excluding hydrogens is 330 g/mol. The topological polar surface area (TPSA) is 83.6 Å². The quantitative estimate of drug-likeness (QED) is 0.521. The van der Waals surface area contributed by atoms with Gasteiger partial charge in [0.15, 0.2) is 5.96 Å². The third-order valence-electron chi connectivity index (χ3n) is 4.40. The summed E-state index contributed by atoms with van der Waals surface area (Å²) >= 11 is 0. The van der Waals surface area contributed by atoms with Gasteiger partial charge in [-0.25, -0.2) is 0 Å². The van der Waals surface area contributed by atoms with E-state index >= 15 is 0 Å².